The topological polar surface area (TPSA) is 67.9 Å². The lowest BCUT2D eigenvalue weighted by molar-refractivity contribution is -0.116. The monoisotopic (exact) mass is 428 g/mol. The second-order valence-corrected chi connectivity index (χ2v) is 7.34. The summed E-state index contributed by atoms with van der Waals surface area (Å²) in [7, 11) is 1.34. The third-order valence-electron chi connectivity index (χ3n) is 4.97. The first-order chi connectivity index (χ1) is 14.6. The van der Waals surface area contributed by atoms with Crippen LogP contribution in [0.15, 0.2) is 54.6 Å². The van der Waals surface area contributed by atoms with Crippen LogP contribution in [0.5, 0.6) is 0 Å². The highest BCUT2D eigenvalue weighted by atomic mass is 35.5. The molecule has 6 nitrogen and oxygen atoms in total. The van der Waals surface area contributed by atoms with Crippen LogP contribution in [0.1, 0.15) is 27.5 Å². The second kappa shape index (κ2) is 10.9. The molecule has 0 spiro atoms. The van der Waals surface area contributed by atoms with Gasteiger partial charge in [-0.3, -0.25) is 9.69 Å². The average molecular weight is 429 g/mol. The van der Waals surface area contributed by atoms with E-state index in [0.29, 0.717) is 30.3 Å². The number of amides is 1. The molecule has 1 amide bonds. The number of carbonyl (C=O) groups is 2. The van der Waals surface area contributed by atoms with Crippen molar-refractivity contribution >= 4 is 29.6 Å². The summed E-state index contributed by atoms with van der Waals surface area (Å²) in [5.74, 6) is -0.570. The van der Waals surface area contributed by atoms with Crippen molar-refractivity contribution in [2.45, 2.75) is 6.04 Å². The van der Waals surface area contributed by atoms with Gasteiger partial charge in [0.1, 0.15) is 0 Å². The quantitative estimate of drug-likeness (QED) is 0.541. The SMILES string of the molecule is COC(=O)c1ccc(/C=C/C(=O)NCC(c2ccc(Cl)cc2)N2CCOCC2)cc1. The first-order valence-corrected chi connectivity index (χ1v) is 10.2. The van der Waals surface area contributed by atoms with Crippen LogP contribution in [0.2, 0.25) is 5.02 Å². The van der Waals surface area contributed by atoms with Gasteiger partial charge in [0.05, 0.1) is 31.9 Å². The number of nitrogens with one attached hydrogen (secondary N) is 1. The molecule has 1 heterocycles. The van der Waals surface area contributed by atoms with E-state index < -0.39 is 0 Å². The van der Waals surface area contributed by atoms with Gasteiger partial charge in [-0.1, -0.05) is 35.9 Å². The van der Waals surface area contributed by atoms with E-state index in [9.17, 15) is 9.59 Å². The van der Waals surface area contributed by atoms with Crippen molar-refractivity contribution in [3.8, 4) is 0 Å². The Bertz CT molecular complexity index is 875. The van der Waals surface area contributed by atoms with Crippen molar-refractivity contribution in [2.75, 3.05) is 40.0 Å². The van der Waals surface area contributed by atoms with Gasteiger partial charge in [-0.05, 0) is 41.5 Å². The maximum atomic E-state index is 12.4. The molecule has 1 fully saturated rings. The van der Waals surface area contributed by atoms with Gasteiger partial charge < -0.3 is 14.8 Å². The van der Waals surface area contributed by atoms with Crippen LogP contribution >= 0.6 is 11.6 Å². The lowest BCUT2D eigenvalue weighted by Gasteiger charge is -2.34. The minimum Gasteiger partial charge on any atom is -0.465 e. The molecule has 1 aliphatic heterocycles. The van der Waals surface area contributed by atoms with Gasteiger partial charge in [-0.25, -0.2) is 4.79 Å². The van der Waals surface area contributed by atoms with Gasteiger partial charge in [0, 0.05) is 30.7 Å². The van der Waals surface area contributed by atoms with Gasteiger partial charge in [0.25, 0.3) is 0 Å². The molecule has 30 heavy (non-hydrogen) atoms. The van der Waals surface area contributed by atoms with E-state index in [1.54, 1.807) is 30.3 Å². The van der Waals surface area contributed by atoms with E-state index >= 15 is 0 Å². The number of methoxy groups -OCH3 is 1. The van der Waals surface area contributed by atoms with Crippen LogP contribution < -0.4 is 5.32 Å². The summed E-state index contributed by atoms with van der Waals surface area (Å²) < 4.78 is 10.1. The van der Waals surface area contributed by atoms with Gasteiger partial charge in [0.15, 0.2) is 0 Å². The summed E-state index contributed by atoms with van der Waals surface area (Å²) in [6, 6.07) is 14.6. The van der Waals surface area contributed by atoms with E-state index in [2.05, 4.69) is 15.0 Å². The molecule has 0 saturated carbocycles. The second-order valence-electron chi connectivity index (χ2n) is 6.91. The molecule has 1 atom stereocenters. The molecule has 2 aromatic rings. The Morgan fingerprint density at radius 3 is 2.43 bits per heavy atom. The fourth-order valence-corrected chi connectivity index (χ4v) is 3.43. The van der Waals surface area contributed by atoms with Crippen molar-refractivity contribution in [1.29, 1.82) is 0 Å². The number of halogens is 1. The first-order valence-electron chi connectivity index (χ1n) is 9.78. The van der Waals surface area contributed by atoms with Crippen LogP contribution in [0.4, 0.5) is 0 Å². The Morgan fingerprint density at radius 2 is 1.80 bits per heavy atom. The number of esters is 1. The summed E-state index contributed by atoms with van der Waals surface area (Å²) in [5.41, 5.74) is 2.39. The highest BCUT2D eigenvalue weighted by Gasteiger charge is 2.22. The van der Waals surface area contributed by atoms with Crippen molar-refractivity contribution in [3.63, 3.8) is 0 Å². The van der Waals surface area contributed by atoms with E-state index in [4.69, 9.17) is 16.3 Å². The van der Waals surface area contributed by atoms with Gasteiger partial charge in [-0.15, -0.1) is 0 Å². The summed E-state index contributed by atoms with van der Waals surface area (Å²) in [6.07, 6.45) is 3.20. The molecule has 3 rings (SSSR count). The van der Waals surface area contributed by atoms with Crippen LogP contribution in [-0.4, -0.2) is 56.7 Å². The predicted octanol–water partition coefficient (Wildman–Crippen LogP) is 3.33. The van der Waals surface area contributed by atoms with Gasteiger partial charge in [0.2, 0.25) is 5.91 Å². The molecular formula is C23H25ClN2O4. The van der Waals surface area contributed by atoms with Crippen LogP contribution in [0.25, 0.3) is 6.08 Å². The Labute approximate surface area is 181 Å². The Kier molecular flexibility index (Phi) is 8.02. The fourth-order valence-electron chi connectivity index (χ4n) is 3.31. The molecule has 1 unspecified atom stereocenters. The van der Waals surface area contributed by atoms with E-state index in [0.717, 1.165) is 24.2 Å². The summed E-state index contributed by atoms with van der Waals surface area (Å²) in [5, 5.41) is 3.67. The standard InChI is InChI=1S/C23H25ClN2O4/c1-29-23(28)19-5-2-17(3-6-19)4-11-22(27)25-16-21(26-12-14-30-15-13-26)18-7-9-20(24)10-8-18/h2-11,21H,12-16H2,1H3,(H,25,27)/b11-4+. The summed E-state index contributed by atoms with van der Waals surface area (Å²) >= 11 is 6.03. The number of rotatable bonds is 7. The molecular weight excluding hydrogens is 404 g/mol. The molecule has 0 radical (unpaired) electrons. The highest BCUT2D eigenvalue weighted by molar-refractivity contribution is 6.30. The Hall–Kier alpha value is -2.67. The molecule has 0 aliphatic carbocycles. The number of morpholine rings is 1. The maximum Gasteiger partial charge on any atom is 0.337 e. The third kappa shape index (κ3) is 6.16. The average Bonchev–Trinajstić information content (AvgIpc) is 2.79. The lowest BCUT2D eigenvalue weighted by atomic mass is 10.0. The molecule has 1 aliphatic rings. The number of carbonyl (C=O) groups excluding carboxylic acids is 2. The Balaban J connectivity index is 1.61. The van der Waals surface area contributed by atoms with Crippen LogP contribution in [0, 0.1) is 0 Å². The maximum absolute atomic E-state index is 12.4. The zero-order chi connectivity index (χ0) is 21.3. The number of nitrogens with zero attached hydrogens (tertiary/aromatic N) is 1. The fraction of sp³-hybridized carbons (Fsp3) is 0.304. The molecule has 0 aromatic heterocycles. The number of hydrogen-bond acceptors (Lipinski definition) is 5. The summed E-state index contributed by atoms with van der Waals surface area (Å²) in [4.78, 5) is 26.2. The highest BCUT2D eigenvalue weighted by Crippen LogP contribution is 2.23. The molecule has 0 bridgehead atoms. The zero-order valence-electron chi connectivity index (χ0n) is 16.8. The smallest absolute Gasteiger partial charge is 0.337 e. The van der Waals surface area contributed by atoms with Crippen molar-refractivity contribution in [3.05, 3.63) is 76.3 Å². The van der Waals surface area contributed by atoms with Crippen LogP contribution in [0.3, 0.4) is 0 Å². The molecule has 7 heteroatoms. The third-order valence-corrected chi connectivity index (χ3v) is 5.22. The van der Waals surface area contributed by atoms with E-state index in [1.807, 2.05) is 24.3 Å². The van der Waals surface area contributed by atoms with Crippen LogP contribution in [-0.2, 0) is 14.3 Å². The summed E-state index contributed by atoms with van der Waals surface area (Å²) in [6.45, 7) is 3.46. The molecule has 1 saturated heterocycles. The van der Waals surface area contributed by atoms with Gasteiger partial charge in [-0.2, -0.15) is 0 Å². The molecule has 2 aromatic carbocycles. The predicted molar refractivity (Wildman–Crippen MR) is 116 cm³/mol. The zero-order valence-corrected chi connectivity index (χ0v) is 17.6. The molecule has 158 valence electrons. The Morgan fingerprint density at radius 1 is 1.13 bits per heavy atom. The van der Waals surface area contributed by atoms with E-state index in [-0.39, 0.29) is 17.9 Å². The minimum absolute atomic E-state index is 0.0443. The lowest BCUT2D eigenvalue weighted by Crippen LogP contribution is -2.43. The van der Waals surface area contributed by atoms with Gasteiger partial charge >= 0.3 is 5.97 Å². The van der Waals surface area contributed by atoms with Crippen molar-refractivity contribution < 1.29 is 19.1 Å². The normalized spacial score (nSPS) is 15.7. The molecule has 1 N–H and O–H groups in total. The van der Waals surface area contributed by atoms with E-state index in [1.165, 1.54) is 13.2 Å². The van der Waals surface area contributed by atoms with Crippen molar-refractivity contribution in [1.82, 2.24) is 10.2 Å². The minimum atomic E-state index is -0.389. The number of ether oxygens (including phenoxy) is 2. The number of benzene rings is 2. The number of hydrogen-bond donors (Lipinski definition) is 1. The van der Waals surface area contributed by atoms with Crippen molar-refractivity contribution in [2.24, 2.45) is 0 Å². The first kappa shape index (κ1) is 22.0. The largest absolute Gasteiger partial charge is 0.465 e.